The van der Waals surface area contributed by atoms with Gasteiger partial charge in [0.15, 0.2) is 0 Å². The second-order valence-electron chi connectivity index (χ2n) is 5.29. The quantitative estimate of drug-likeness (QED) is 0.900. The standard InChI is InChI=1S/C14H16F3NO3/c15-14(16,17)10-5-1-2-6-11(10)21-9-4-3-7-13(18,8-9)12(19)20/h1-2,5-6,9H,3-4,7-8,18H2,(H,19,20). The summed E-state index contributed by atoms with van der Waals surface area (Å²) in [6.45, 7) is 0. The smallest absolute Gasteiger partial charge is 0.419 e. The molecule has 2 rings (SSSR count). The van der Waals surface area contributed by atoms with E-state index in [1.165, 1.54) is 18.2 Å². The van der Waals surface area contributed by atoms with E-state index in [2.05, 4.69) is 0 Å². The molecule has 0 bridgehead atoms. The monoisotopic (exact) mass is 303 g/mol. The molecule has 1 fully saturated rings. The molecule has 1 aliphatic carbocycles. The molecule has 7 heteroatoms. The maximum atomic E-state index is 12.9. The predicted octanol–water partition coefficient (Wildman–Crippen LogP) is 2.81. The summed E-state index contributed by atoms with van der Waals surface area (Å²) in [5, 5.41) is 9.10. The Balaban J connectivity index is 2.18. The number of benzene rings is 1. The zero-order chi connectivity index (χ0) is 15.7. The molecule has 1 aliphatic rings. The van der Waals surface area contributed by atoms with E-state index >= 15 is 0 Å². The van der Waals surface area contributed by atoms with E-state index in [9.17, 15) is 18.0 Å². The van der Waals surface area contributed by atoms with E-state index in [0.717, 1.165) is 6.07 Å². The summed E-state index contributed by atoms with van der Waals surface area (Å²) < 4.78 is 44.0. The van der Waals surface area contributed by atoms with Crippen molar-refractivity contribution in [1.29, 1.82) is 0 Å². The number of hydrogen-bond acceptors (Lipinski definition) is 3. The Morgan fingerprint density at radius 2 is 2.05 bits per heavy atom. The summed E-state index contributed by atoms with van der Waals surface area (Å²) >= 11 is 0. The minimum absolute atomic E-state index is 0.00543. The van der Waals surface area contributed by atoms with Crippen LogP contribution < -0.4 is 10.5 Å². The number of alkyl halides is 3. The summed E-state index contributed by atoms with van der Waals surface area (Å²) in [4.78, 5) is 11.1. The van der Waals surface area contributed by atoms with Gasteiger partial charge in [0.05, 0.1) is 5.56 Å². The molecular weight excluding hydrogens is 287 g/mol. The van der Waals surface area contributed by atoms with Crippen LogP contribution in [0.4, 0.5) is 13.2 Å². The number of carboxylic acid groups (broad SMARTS) is 1. The third-order valence-corrected chi connectivity index (χ3v) is 3.65. The molecule has 0 amide bonds. The number of nitrogens with two attached hydrogens (primary N) is 1. The van der Waals surface area contributed by atoms with E-state index in [1.807, 2.05) is 0 Å². The first-order valence-corrected chi connectivity index (χ1v) is 6.57. The van der Waals surface area contributed by atoms with Gasteiger partial charge in [-0.2, -0.15) is 13.2 Å². The number of hydrogen-bond donors (Lipinski definition) is 2. The molecule has 2 unspecified atom stereocenters. The molecule has 0 saturated heterocycles. The number of ether oxygens (including phenoxy) is 1. The van der Waals surface area contributed by atoms with E-state index in [4.69, 9.17) is 15.6 Å². The van der Waals surface area contributed by atoms with Gasteiger partial charge >= 0.3 is 12.1 Å². The fraction of sp³-hybridized carbons (Fsp3) is 0.500. The normalized spacial score (nSPS) is 26.4. The van der Waals surface area contributed by atoms with Crippen LogP contribution in [0.15, 0.2) is 24.3 Å². The van der Waals surface area contributed by atoms with Crippen LogP contribution in [-0.4, -0.2) is 22.7 Å². The molecule has 0 aromatic heterocycles. The molecule has 4 nitrogen and oxygen atoms in total. The van der Waals surface area contributed by atoms with Gasteiger partial charge in [0.25, 0.3) is 0 Å². The van der Waals surface area contributed by atoms with Crippen LogP contribution in [0.5, 0.6) is 5.75 Å². The highest BCUT2D eigenvalue weighted by molar-refractivity contribution is 5.78. The fourth-order valence-corrected chi connectivity index (χ4v) is 2.53. The van der Waals surface area contributed by atoms with Crippen molar-refractivity contribution in [3.8, 4) is 5.75 Å². The topological polar surface area (TPSA) is 72.6 Å². The van der Waals surface area contributed by atoms with E-state index in [-0.39, 0.29) is 12.2 Å². The predicted molar refractivity (Wildman–Crippen MR) is 68.9 cm³/mol. The lowest BCUT2D eigenvalue weighted by atomic mass is 9.81. The largest absolute Gasteiger partial charge is 0.490 e. The minimum atomic E-state index is -4.52. The molecule has 0 aliphatic heterocycles. The van der Waals surface area contributed by atoms with E-state index in [0.29, 0.717) is 19.3 Å². The molecule has 0 radical (unpaired) electrons. The van der Waals surface area contributed by atoms with Gasteiger partial charge in [-0.15, -0.1) is 0 Å². The van der Waals surface area contributed by atoms with Gasteiger partial charge in [0.2, 0.25) is 0 Å². The zero-order valence-corrected chi connectivity index (χ0v) is 11.2. The van der Waals surface area contributed by atoms with Crippen LogP contribution in [0.25, 0.3) is 0 Å². The Morgan fingerprint density at radius 1 is 1.38 bits per heavy atom. The second kappa shape index (κ2) is 5.55. The van der Waals surface area contributed by atoms with Gasteiger partial charge in [-0.1, -0.05) is 12.1 Å². The summed E-state index contributed by atoms with van der Waals surface area (Å²) in [6, 6.07) is 4.89. The van der Waals surface area contributed by atoms with E-state index < -0.39 is 29.4 Å². The maximum absolute atomic E-state index is 12.9. The number of carboxylic acids is 1. The first-order chi connectivity index (χ1) is 9.72. The summed E-state index contributed by atoms with van der Waals surface area (Å²) in [7, 11) is 0. The van der Waals surface area contributed by atoms with Crippen molar-refractivity contribution in [3.63, 3.8) is 0 Å². The van der Waals surface area contributed by atoms with Crippen LogP contribution in [0.3, 0.4) is 0 Å². The second-order valence-corrected chi connectivity index (χ2v) is 5.29. The lowest BCUT2D eigenvalue weighted by Gasteiger charge is -2.34. The van der Waals surface area contributed by atoms with Gasteiger partial charge in [-0.25, -0.2) is 0 Å². The Labute approximate surface area is 119 Å². The zero-order valence-electron chi connectivity index (χ0n) is 11.2. The van der Waals surface area contributed by atoms with Crippen molar-refractivity contribution in [3.05, 3.63) is 29.8 Å². The lowest BCUT2D eigenvalue weighted by Crippen LogP contribution is -2.53. The highest BCUT2D eigenvalue weighted by atomic mass is 19.4. The highest BCUT2D eigenvalue weighted by Gasteiger charge is 2.41. The van der Waals surface area contributed by atoms with Crippen LogP contribution in [0, 0.1) is 0 Å². The van der Waals surface area contributed by atoms with Gasteiger partial charge in [0, 0.05) is 6.42 Å². The average molecular weight is 303 g/mol. The van der Waals surface area contributed by atoms with Crippen molar-refractivity contribution in [2.75, 3.05) is 0 Å². The molecular formula is C14H16F3NO3. The Hall–Kier alpha value is -1.76. The van der Waals surface area contributed by atoms with Crippen molar-refractivity contribution >= 4 is 5.97 Å². The van der Waals surface area contributed by atoms with Gasteiger partial charge < -0.3 is 15.6 Å². The Kier molecular flexibility index (Phi) is 4.13. The molecule has 21 heavy (non-hydrogen) atoms. The number of para-hydroxylation sites is 1. The van der Waals surface area contributed by atoms with Crippen molar-refractivity contribution in [2.24, 2.45) is 5.73 Å². The lowest BCUT2D eigenvalue weighted by molar-refractivity contribution is -0.146. The molecule has 1 aromatic carbocycles. The minimum Gasteiger partial charge on any atom is -0.490 e. The molecule has 1 saturated carbocycles. The summed E-state index contributed by atoms with van der Waals surface area (Å²) in [6.07, 6.45) is -3.88. The highest BCUT2D eigenvalue weighted by Crippen LogP contribution is 2.38. The first kappa shape index (κ1) is 15.6. The third kappa shape index (κ3) is 3.47. The van der Waals surface area contributed by atoms with Crippen molar-refractivity contribution < 1.29 is 27.8 Å². The Morgan fingerprint density at radius 3 is 2.67 bits per heavy atom. The SMILES string of the molecule is NC1(C(=O)O)CCCC(Oc2ccccc2C(F)(F)F)C1. The van der Waals surface area contributed by atoms with Crippen LogP contribution in [-0.2, 0) is 11.0 Å². The first-order valence-electron chi connectivity index (χ1n) is 6.57. The molecule has 0 heterocycles. The van der Waals surface area contributed by atoms with Crippen LogP contribution in [0.1, 0.15) is 31.2 Å². The summed E-state index contributed by atoms with van der Waals surface area (Å²) in [5.41, 5.74) is 3.47. The van der Waals surface area contributed by atoms with Crippen molar-refractivity contribution in [2.45, 2.75) is 43.5 Å². The van der Waals surface area contributed by atoms with Crippen LogP contribution in [0.2, 0.25) is 0 Å². The van der Waals surface area contributed by atoms with Crippen LogP contribution >= 0.6 is 0 Å². The third-order valence-electron chi connectivity index (χ3n) is 3.65. The number of carbonyl (C=O) groups is 1. The molecule has 1 aromatic rings. The van der Waals surface area contributed by atoms with Gasteiger partial charge in [-0.05, 0) is 31.4 Å². The number of aliphatic carboxylic acids is 1. The Bertz CT molecular complexity index is 532. The number of halogens is 3. The fourth-order valence-electron chi connectivity index (χ4n) is 2.53. The van der Waals surface area contributed by atoms with Crippen molar-refractivity contribution in [1.82, 2.24) is 0 Å². The number of rotatable bonds is 3. The van der Waals surface area contributed by atoms with Gasteiger partial charge in [0.1, 0.15) is 17.4 Å². The molecule has 2 atom stereocenters. The summed E-state index contributed by atoms with van der Waals surface area (Å²) in [5.74, 6) is -1.44. The maximum Gasteiger partial charge on any atom is 0.419 e. The molecule has 3 N–H and O–H groups in total. The van der Waals surface area contributed by atoms with Gasteiger partial charge in [-0.3, -0.25) is 4.79 Å². The molecule has 116 valence electrons. The van der Waals surface area contributed by atoms with E-state index in [1.54, 1.807) is 0 Å². The molecule has 0 spiro atoms. The average Bonchev–Trinajstić information content (AvgIpc) is 2.38.